The first-order valence-electron chi connectivity index (χ1n) is 7.52. The van der Waals surface area contributed by atoms with Crippen molar-refractivity contribution >= 4 is 12.0 Å². The molecule has 7 heteroatoms. The fourth-order valence-corrected chi connectivity index (χ4v) is 2.76. The molecule has 0 aromatic carbocycles. The maximum Gasteiger partial charge on any atom is 0.323 e. The predicted octanol–water partition coefficient (Wildman–Crippen LogP) is 0.556. The van der Waals surface area contributed by atoms with Crippen LogP contribution in [0.1, 0.15) is 20.3 Å². The first-order chi connectivity index (χ1) is 10.0. The van der Waals surface area contributed by atoms with Crippen LogP contribution in [0.15, 0.2) is 0 Å². The summed E-state index contributed by atoms with van der Waals surface area (Å²) in [6, 6.07) is 0.169. The SMILES string of the molecule is CCN(CC)C1CCN(C(=O)N(CCOC)CC(=O)O)C1. The van der Waals surface area contributed by atoms with Gasteiger partial charge in [0.15, 0.2) is 0 Å². The highest BCUT2D eigenvalue weighted by molar-refractivity contribution is 5.80. The number of likely N-dealkylation sites (N-methyl/N-ethyl adjacent to an activating group) is 1. The molecule has 0 bridgehead atoms. The highest BCUT2D eigenvalue weighted by Gasteiger charge is 2.32. The Labute approximate surface area is 126 Å². The van der Waals surface area contributed by atoms with Gasteiger partial charge in [0, 0.05) is 32.8 Å². The van der Waals surface area contributed by atoms with Gasteiger partial charge in [0.2, 0.25) is 0 Å². The predicted molar refractivity (Wildman–Crippen MR) is 79.4 cm³/mol. The molecule has 1 fully saturated rings. The Morgan fingerprint density at radius 2 is 2.00 bits per heavy atom. The van der Waals surface area contributed by atoms with Gasteiger partial charge in [0.1, 0.15) is 6.54 Å². The van der Waals surface area contributed by atoms with E-state index in [0.717, 1.165) is 19.5 Å². The number of carboxylic acid groups (broad SMARTS) is 1. The Morgan fingerprint density at radius 3 is 2.52 bits per heavy atom. The molecule has 122 valence electrons. The lowest BCUT2D eigenvalue weighted by atomic mass is 10.2. The molecule has 1 aliphatic heterocycles. The van der Waals surface area contributed by atoms with Gasteiger partial charge in [-0.05, 0) is 19.5 Å². The third-order valence-electron chi connectivity index (χ3n) is 3.92. The van der Waals surface area contributed by atoms with Gasteiger partial charge in [-0.25, -0.2) is 4.79 Å². The molecule has 1 atom stereocenters. The topological polar surface area (TPSA) is 73.3 Å². The summed E-state index contributed by atoms with van der Waals surface area (Å²) in [5.41, 5.74) is 0. The molecule has 1 N–H and O–H groups in total. The molecule has 0 radical (unpaired) electrons. The van der Waals surface area contributed by atoms with Gasteiger partial charge in [-0.1, -0.05) is 13.8 Å². The van der Waals surface area contributed by atoms with Crippen molar-refractivity contribution in [3.63, 3.8) is 0 Å². The fourth-order valence-electron chi connectivity index (χ4n) is 2.76. The number of rotatable bonds is 8. The lowest BCUT2D eigenvalue weighted by Crippen LogP contribution is -2.47. The van der Waals surface area contributed by atoms with Crippen molar-refractivity contribution in [1.29, 1.82) is 0 Å². The summed E-state index contributed by atoms with van der Waals surface area (Å²) in [5, 5.41) is 8.93. The van der Waals surface area contributed by atoms with Crippen LogP contribution in [-0.4, -0.2) is 90.8 Å². The molecule has 21 heavy (non-hydrogen) atoms. The molecule has 1 unspecified atom stereocenters. The number of carboxylic acids is 1. The molecule has 1 rings (SSSR count). The second-order valence-corrected chi connectivity index (χ2v) is 5.20. The maximum absolute atomic E-state index is 12.4. The second-order valence-electron chi connectivity index (χ2n) is 5.20. The average molecular weight is 301 g/mol. The Morgan fingerprint density at radius 1 is 1.33 bits per heavy atom. The molecule has 1 aliphatic rings. The van der Waals surface area contributed by atoms with Gasteiger partial charge < -0.3 is 19.6 Å². The van der Waals surface area contributed by atoms with E-state index in [9.17, 15) is 9.59 Å². The number of methoxy groups -OCH3 is 1. The maximum atomic E-state index is 12.4. The molecule has 2 amide bonds. The van der Waals surface area contributed by atoms with E-state index in [1.807, 2.05) is 0 Å². The summed E-state index contributed by atoms with van der Waals surface area (Å²) in [5.74, 6) is -1.00. The molecule has 0 saturated carbocycles. The zero-order valence-corrected chi connectivity index (χ0v) is 13.2. The summed E-state index contributed by atoms with van der Waals surface area (Å²) < 4.78 is 4.95. The number of ether oxygens (including phenoxy) is 1. The number of amides is 2. The van der Waals surface area contributed by atoms with Gasteiger partial charge >= 0.3 is 12.0 Å². The third-order valence-corrected chi connectivity index (χ3v) is 3.92. The number of hydrogen-bond donors (Lipinski definition) is 1. The lowest BCUT2D eigenvalue weighted by molar-refractivity contribution is -0.137. The van der Waals surface area contributed by atoms with Crippen molar-refractivity contribution < 1.29 is 19.4 Å². The smallest absolute Gasteiger partial charge is 0.323 e. The minimum Gasteiger partial charge on any atom is -0.480 e. The lowest BCUT2D eigenvalue weighted by Gasteiger charge is -2.29. The Bertz CT molecular complexity index is 347. The molecule has 0 aromatic rings. The Kier molecular flexibility index (Phi) is 7.45. The van der Waals surface area contributed by atoms with E-state index in [1.54, 1.807) is 4.90 Å². The minimum atomic E-state index is -1.00. The van der Waals surface area contributed by atoms with Crippen LogP contribution in [0.5, 0.6) is 0 Å². The summed E-state index contributed by atoms with van der Waals surface area (Å²) in [4.78, 5) is 28.8. The van der Waals surface area contributed by atoms with Gasteiger partial charge in [0.05, 0.1) is 6.61 Å². The van der Waals surface area contributed by atoms with Gasteiger partial charge in [0.25, 0.3) is 0 Å². The van der Waals surface area contributed by atoms with Crippen molar-refractivity contribution in [3.8, 4) is 0 Å². The standard InChI is InChI=1S/C14H27N3O4/c1-4-15(5-2)12-6-7-16(10-12)14(20)17(8-9-21-3)11-13(18)19/h12H,4-11H2,1-3H3,(H,18,19). The Hall–Kier alpha value is -1.34. The van der Waals surface area contributed by atoms with Crippen molar-refractivity contribution in [3.05, 3.63) is 0 Å². The Balaban J connectivity index is 2.61. The van der Waals surface area contributed by atoms with Crippen LogP contribution >= 0.6 is 0 Å². The van der Waals surface area contributed by atoms with E-state index >= 15 is 0 Å². The van der Waals surface area contributed by atoms with E-state index in [4.69, 9.17) is 9.84 Å². The molecular formula is C14H27N3O4. The monoisotopic (exact) mass is 301 g/mol. The van der Waals surface area contributed by atoms with Gasteiger partial charge in [-0.2, -0.15) is 0 Å². The number of hydrogen-bond acceptors (Lipinski definition) is 4. The number of urea groups is 1. The van der Waals surface area contributed by atoms with Crippen LogP contribution in [0.2, 0.25) is 0 Å². The number of likely N-dealkylation sites (tertiary alicyclic amines) is 1. The largest absolute Gasteiger partial charge is 0.480 e. The van der Waals surface area contributed by atoms with Crippen LogP contribution in [0.4, 0.5) is 4.79 Å². The summed E-state index contributed by atoms with van der Waals surface area (Å²) in [6.07, 6.45) is 0.943. The van der Waals surface area contributed by atoms with Crippen LogP contribution in [0, 0.1) is 0 Å². The fraction of sp³-hybridized carbons (Fsp3) is 0.857. The van der Waals surface area contributed by atoms with E-state index in [2.05, 4.69) is 18.7 Å². The third kappa shape index (κ3) is 5.17. The van der Waals surface area contributed by atoms with Crippen LogP contribution in [-0.2, 0) is 9.53 Å². The quantitative estimate of drug-likeness (QED) is 0.709. The van der Waals surface area contributed by atoms with E-state index in [1.165, 1.54) is 12.0 Å². The molecular weight excluding hydrogens is 274 g/mol. The van der Waals surface area contributed by atoms with E-state index in [0.29, 0.717) is 32.3 Å². The number of carbonyl (C=O) groups excluding carboxylic acids is 1. The zero-order valence-electron chi connectivity index (χ0n) is 13.2. The number of carbonyl (C=O) groups is 2. The van der Waals surface area contributed by atoms with Crippen molar-refractivity contribution in [1.82, 2.24) is 14.7 Å². The average Bonchev–Trinajstić information content (AvgIpc) is 2.93. The van der Waals surface area contributed by atoms with Crippen LogP contribution in [0.3, 0.4) is 0 Å². The van der Waals surface area contributed by atoms with Crippen LogP contribution < -0.4 is 0 Å². The summed E-state index contributed by atoms with van der Waals surface area (Å²) in [6.45, 7) is 7.87. The number of aliphatic carboxylic acids is 1. The first-order valence-corrected chi connectivity index (χ1v) is 7.52. The zero-order chi connectivity index (χ0) is 15.8. The highest BCUT2D eigenvalue weighted by Crippen LogP contribution is 2.17. The highest BCUT2D eigenvalue weighted by atomic mass is 16.5. The molecule has 1 heterocycles. The van der Waals surface area contributed by atoms with Gasteiger partial charge in [-0.3, -0.25) is 9.69 Å². The minimum absolute atomic E-state index is 0.205. The number of nitrogens with zero attached hydrogens (tertiary/aromatic N) is 3. The summed E-state index contributed by atoms with van der Waals surface area (Å²) in [7, 11) is 1.54. The molecule has 0 spiro atoms. The van der Waals surface area contributed by atoms with Gasteiger partial charge in [-0.15, -0.1) is 0 Å². The van der Waals surface area contributed by atoms with Crippen molar-refractivity contribution in [2.75, 3.05) is 53.0 Å². The molecule has 7 nitrogen and oxygen atoms in total. The van der Waals surface area contributed by atoms with Crippen molar-refractivity contribution in [2.24, 2.45) is 0 Å². The summed E-state index contributed by atoms with van der Waals surface area (Å²) >= 11 is 0. The van der Waals surface area contributed by atoms with Crippen molar-refractivity contribution in [2.45, 2.75) is 26.3 Å². The molecule has 1 saturated heterocycles. The molecule has 0 aliphatic carbocycles. The van der Waals surface area contributed by atoms with E-state index < -0.39 is 5.97 Å². The molecule has 0 aromatic heterocycles. The first kappa shape index (κ1) is 17.7. The van der Waals surface area contributed by atoms with Crippen LogP contribution in [0.25, 0.3) is 0 Å². The normalized spacial score (nSPS) is 18.3. The van der Waals surface area contributed by atoms with E-state index in [-0.39, 0.29) is 12.6 Å². The second kappa shape index (κ2) is 8.84.